The number of carbonyl (C=O) groups is 1. The van der Waals surface area contributed by atoms with E-state index in [0.717, 1.165) is 16.1 Å². The number of rotatable bonds is 7. The van der Waals surface area contributed by atoms with Gasteiger partial charge in [-0.1, -0.05) is 19.1 Å². The van der Waals surface area contributed by atoms with Gasteiger partial charge >= 0.3 is 0 Å². The lowest BCUT2D eigenvalue weighted by Gasteiger charge is -2.18. The van der Waals surface area contributed by atoms with Gasteiger partial charge in [-0.25, -0.2) is 12.8 Å². The summed E-state index contributed by atoms with van der Waals surface area (Å²) in [5.41, 5.74) is 0.751. The molecule has 0 atom stereocenters. The van der Waals surface area contributed by atoms with Gasteiger partial charge in [-0.05, 0) is 24.1 Å². The van der Waals surface area contributed by atoms with E-state index in [9.17, 15) is 17.6 Å². The molecule has 0 unspecified atom stereocenters. The average Bonchev–Trinajstić information content (AvgIpc) is 2.36. The molecular formula is C13H19FN2O3S. The molecule has 5 nitrogen and oxygen atoms in total. The summed E-state index contributed by atoms with van der Waals surface area (Å²) in [6.07, 6.45) is 1.72. The zero-order chi connectivity index (χ0) is 15.2. The number of nitrogens with one attached hydrogen (secondary N) is 1. The fourth-order valence-corrected chi connectivity index (χ4v) is 2.50. The number of sulfonamides is 1. The van der Waals surface area contributed by atoms with Gasteiger partial charge in [0.1, 0.15) is 5.82 Å². The van der Waals surface area contributed by atoms with Crippen LogP contribution in [0.3, 0.4) is 0 Å². The number of hydrogen-bond donors (Lipinski definition) is 1. The number of benzene rings is 1. The summed E-state index contributed by atoms with van der Waals surface area (Å²) in [6.45, 7) is 2.19. The van der Waals surface area contributed by atoms with E-state index in [0.29, 0.717) is 13.0 Å². The molecule has 1 N–H and O–H groups in total. The van der Waals surface area contributed by atoms with Crippen LogP contribution in [-0.2, 0) is 21.4 Å². The lowest BCUT2D eigenvalue weighted by molar-refractivity contribution is -0.121. The smallest absolute Gasteiger partial charge is 0.235 e. The van der Waals surface area contributed by atoms with E-state index in [2.05, 4.69) is 5.32 Å². The Morgan fingerprint density at radius 3 is 2.40 bits per heavy atom. The molecule has 0 radical (unpaired) electrons. The van der Waals surface area contributed by atoms with Crippen LogP contribution in [0.15, 0.2) is 24.3 Å². The molecule has 7 heteroatoms. The van der Waals surface area contributed by atoms with Gasteiger partial charge in [0.15, 0.2) is 0 Å². The van der Waals surface area contributed by atoms with Crippen molar-refractivity contribution in [3.8, 4) is 0 Å². The fourth-order valence-electron chi connectivity index (χ4n) is 1.63. The van der Waals surface area contributed by atoms with Crippen LogP contribution in [0.4, 0.5) is 4.39 Å². The molecule has 0 aliphatic heterocycles. The van der Waals surface area contributed by atoms with Gasteiger partial charge in [0.05, 0.1) is 12.8 Å². The zero-order valence-electron chi connectivity index (χ0n) is 11.6. The third-order valence-corrected chi connectivity index (χ3v) is 3.91. The van der Waals surface area contributed by atoms with Crippen LogP contribution in [0.5, 0.6) is 0 Å². The summed E-state index contributed by atoms with van der Waals surface area (Å²) < 4.78 is 36.8. The maximum Gasteiger partial charge on any atom is 0.235 e. The van der Waals surface area contributed by atoms with E-state index in [-0.39, 0.29) is 24.8 Å². The standard InChI is InChI=1S/C13H19FN2O3S/c1-3-8-16(20(2,18)19)10-13(17)15-9-11-4-6-12(14)7-5-11/h4-7H,3,8-10H2,1-2H3,(H,15,17). The zero-order valence-corrected chi connectivity index (χ0v) is 12.4. The average molecular weight is 302 g/mol. The Hall–Kier alpha value is -1.47. The summed E-state index contributed by atoms with van der Waals surface area (Å²) in [7, 11) is -3.39. The Kier molecular flexibility index (Phi) is 6.09. The number of halogens is 1. The lowest BCUT2D eigenvalue weighted by atomic mass is 10.2. The second-order valence-electron chi connectivity index (χ2n) is 4.50. The van der Waals surface area contributed by atoms with Gasteiger partial charge in [0.2, 0.25) is 15.9 Å². The third kappa shape index (κ3) is 5.66. The van der Waals surface area contributed by atoms with E-state index in [1.165, 1.54) is 12.1 Å². The summed E-state index contributed by atoms with van der Waals surface area (Å²) in [4.78, 5) is 11.7. The van der Waals surface area contributed by atoms with E-state index in [4.69, 9.17) is 0 Å². The Bertz CT molecular complexity index is 543. The Morgan fingerprint density at radius 1 is 1.30 bits per heavy atom. The molecule has 0 fully saturated rings. The van der Waals surface area contributed by atoms with Crippen molar-refractivity contribution in [2.24, 2.45) is 0 Å². The minimum Gasteiger partial charge on any atom is -0.351 e. The van der Waals surface area contributed by atoms with Crippen LogP contribution in [-0.4, -0.2) is 38.0 Å². The van der Waals surface area contributed by atoms with Crippen LogP contribution in [0.2, 0.25) is 0 Å². The van der Waals surface area contributed by atoms with Crippen molar-refractivity contribution in [1.29, 1.82) is 0 Å². The van der Waals surface area contributed by atoms with Crippen molar-refractivity contribution in [1.82, 2.24) is 9.62 Å². The predicted molar refractivity (Wildman–Crippen MR) is 75.0 cm³/mol. The van der Waals surface area contributed by atoms with E-state index in [1.54, 1.807) is 12.1 Å². The summed E-state index contributed by atoms with van der Waals surface area (Å²) in [5, 5.41) is 2.61. The van der Waals surface area contributed by atoms with Crippen molar-refractivity contribution in [3.63, 3.8) is 0 Å². The first-order valence-corrected chi connectivity index (χ1v) is 8.14. The maximum atomic E-state index is 12.7. The van der Waals surface area contributed by atoms with E-state index in [1.807, 2.05) is 6.92 Å². The highest BCUT2D eigenvalue weighted by molar-refractivity contribution is 7.88. The topological polar surface area (TPSA) is 66.5 Å². The minimum atomic E-state index is -3.39. The second-order valence-corrected chi connectivity index (χ2v) is 6.48. The lowest BCUT2D eigenvalue weighted by Crippen LogP contribution is -2.40. The normalized spacial score (nSPS) is 11.6. The third-order valence-electron chi connectivity index (χ3n) is 2.66. The largest absolute Gasteiger partial charge is 0.351 e. The summed E-state index contributed by atoms with van der Waals surface area (Å²) in [6, 6.07) is 5.74. The molecule has 1 rings (SSSR count). The molecule has 0 heterocycles. The molecule has 0 spiro atoms. The SMILES string of the molecule is CCCN(CC(=O)NCc1ccc(F)cc1)S(C)(=O)=O. The molecular weight excluding hydrogens is 283 g/mol. The molecule has 0 aromatic heterocycles. The van der Waals surface area contributed by atoms with Crippen molar-refractivity contribution >= 4 is 15.9 Å². The van der Waals surface area contributed by atoms with Crippen LogP contribution in [0.25, 0.3) is 0 Å². The summed E-state index contributed by atoms with van der Waals surface area (Å²) in [5.74, 6) is -0.723. The molecule has 0 bridgehead atoms. The second kappa shape index (κ2) is 7.35. The van der Waals surface area contributed by atoms with E-state index >= 15 is 0 Å². The van der Waals surface area contributed by atoms with Gasteiger partial charge in [0, 0.05) is 13.1 Å². The first kappa shape index (κ1) is 16.6. The van der Waals surface area contributed by atoms with E-state index < -0.39 is 10.0 Å². The van der Waals surface area contributed by atoms with Crippen molar-refractivity contribution in [2.75, 3.05) is 19.3 Å². The van der Waals surface area contributed by atoms with Gasteiger partial charge in [-0.2, -0.15) is 4.31 Å². The quantitative estimate of drug-likeness (QED) is 0.820. The number of nitrogens with zero attached hydrogens (tertiary/aromatic N) is 1. The number of carbonyl (C=O) groups excluding carboxylic acids is 1. The van der Waals surface area contributed by atoms with Gasteiger partial charge < -0.3 is 5.32 Å². The Labute approximate surface area is 118 Å². The van der Waals surface area contributed by atoms with Gasteiger partial charge in [-0.3, -0.25) is 4.79 Å². The first-order chi connectivity index (χ1) is 9.32. The molecule has 0 saturated carbocycles. The molecule has 0 saturated heterocycles. The Morgan fingerprint density at radius 2 is 1.90 bits per heavy atom. The Balaban J connectivity index is 2.52. The number of amides is 1. The molecule has 0 aliphatic rings. The molecule has 1 aromatic rings. The van der Waals surface area contributed by atoms with Gasteiger partial charge in [-0.15, -0.1) is 0 Å². The fraction of sp³-hybridized carbons (Fsp3) is 0.462. The molecule has 1 aromatic carbocycles. The van der Waals surface area contributed by atoms with Crippen LogP contribution < -0.4 is 5.32 Å². The highest BCUT2D eigenvalue weighted by Gasteiger charge is 2.18. The summed E-state index contributed by atoms with van der Waals surface area (Å²) >= 11 is 0. The predicted octanol–water partition coefficient (Wildman–Crippen LogP) is 1.11. The van der Waals surface area contributed by atoms with Crippen LogP contribution in [0, 0.1) is 5.82 Å². The van der Waals surface area contributed by atoms with Crippen LogP contribution in [0.1, 0.15) is 18.9 Å². The molecule has 112 valence electrons. The molecule has 0 aliphatic carbocycles. The highest BCUT2D eigenvalue weighted by Crippen LogP contribution is 2.03. The molecule has 1 amide bonds. The number of hydrogen-bond acceptors (Lipinski definition) is 3. The first-order valence-electron chi connectivity index (χ1n) is 6.29. The maximum absolute atomic E-state index is 12.7. The van der Waals surface area contributed by atoms with Gasteiger partial charge in [0.25, 0.3) is 0 Å². The highest BCUT2D eigenvalue weighted by atomic mass is 32.2. The minimum absolute atomic E-state index is 0.201. The van der Waals surface area contributed by atoms with Crippen LogP contribution >= 0.6 is 0 Å². The van der Waals surface area contributed by atoms with Crippen molar-refractivity contribution < 1.29 is 17.6 Å². The molecule has 20 heavy (non-hydrogen) atoms. The van der Waals surface area contributed by atoms with Crippen molar-refractivity contribution in [2.45, 2.75) is 19.9 Å². The monoisotopic (exact) mass is 302 g/mol. The van der Waals surface area contributed by atoms with Crippen molar-refractivity contribution in [3.05, 3.63) is 35.6 Å².